The number of nitrogens with zero attached hydrogens (tertiary/aromatic N) is 2. The smallest absolute Gasteiger partial charge is 0.162 e. The highest BCUT2D eigenvalue weighted by atomic mass is 19.1. The molecule has 10 nitrogen and oxygen atoms in total. The van der Waals surface area contributed by atoms with Crippen LogP contribution in [0.3, 0.4) is 0 Å². The number of halogens is 1. The third kappa shape index (κ3) is 6.83. The zero-order valence-corrected chi connectivity index (χ0v) is 25.0. The molecule has 6 rings (SSSR count). The molecule has 0 aliphatic heterocycles. The Balaban J connectivity index is 0.000000178. The molecule has 4 N–H and O–H groups in total. The van der Waals surface area contributed by atoms with Crippen LogP contribution in [0.25, 0.3) is 21.8 Å². The Labute approximate surface area is 258 Å². The maximum absolute atomic E-state index is 13.6. The maximum atomic E-state index is 13.6. The lowest BCUT2D eigenvalue weighted by atomic mass is 10.2. The summed E-state index contributed by atoms with van der Waals surface area (Å²) in [7, 11) is 6.30. The number of benzene rings is 4. The molecule has 4 aromatic carbocycles. The molecule has 2 heterocycles. The summed E-state index contributed by atoms with van der Waals surface area (Å²) in [6.45, 7) is 0. The van der Waals surface area contributed by atoms with Gasteiger partial charge in [-0.05, 0) is 60.7 Å². The highest BCUT2D eigenvalue weighted by Crippen LogP contribution is 2.38. The van der Waals surface area contributed by atoms with Crippen LogP contribution in [0.4, 0.5) is 15.8 Å². The molecule has 0 aliphatic rings. The number of hydrogen-bond donors (Lipinski definition) is 2. The molecule has 0 amide bonds. The van der Waals surface area contributed by atoms with Gasteiger partial charge >= 0.3 is 0 Å². The summed E-state index contributed by atoms with van der Waals surface area (Å²) in [6, 6.07) is 22.2. The Morgan fingerprint density at radius 2 is 0.956 bits per heavy atom. The van der Waals surface area contributed by atoms with Crippen molar-refractivity contribution < 1.29 is 32.8 Å². The molecule has 2 aromatic heterocycles. The van der Waals surface area contributed by atoms with Crippen LogP contribution in [0.15, 0.2) is 91.3 Å². The third-order valence-corrected chi connectivity index (χ3v) is 6.72. The van der Waals surface area contributed by atoms with Crippen LogP contribution in [0.5, 0.6) is 46.0 Å². The normalized spacial score (nSPS) is 10.5. The van der Waals surface area contributed by atoms with Crippen molar-refractivity contribution in [1.29, 1.82) is 0 Å². The molecule has 0 unspecified atom stereocenters. The number of hydrogen-bond acceptors (Lipinski definition) is 10. The van der Waals surface area contributed by atoms with Crippen molar-refractivity contribution >= 4 is 33.2 Å². The fraction of sp³-hybridized carbons (Fsp3) is 0.118. The lowest BCUT2D eigenvalue weighted by Gasteiger charge is -2.12. The molecular weight excluding hydrogens is 579 g/mol. The largest absolute Gasteiger partial charge is 0.493 e. The van der Waals surface area contributed by atoms with Crippen LogP contribution in [0.1, 0.15) is 0 Å². The zero-order chi connectivity index (χ0) is 31.9. The van der Waals surface area contributed by atoms with Gasteiger partial charge in [0.15, 0.2) is 23.0 Å². The van der Waals surface area contributed by atoms with Gasteiger partial charge < -0.3 is 39.9 Å². The average Bonchev–Trinajstić information content (AvgIpc) is 3.06. The van der Waals surface area contributed by atoms with E-state index in [0.717, 1.165) is 16.3 Å². The number of fused-ring (bicyclic) bond motifs is 2. The van der Waals surface area contributed by atoms with Gasteiger partial charge in [0.05, 0.1) is 45.2 Å². The van der Waals surface area contributed by atoms with E-state index in [4.69, 9.17) is 39.9 Å². The van der Waals surface area contributed by atoms with Gasteiger partial charge in [0.1, 0.15) is 28.8 Å². The minimum absolute atomic E-state index is 0.0725. The molecule has 6 aromatic rings. The highest BCUT2D eigenvalue weighted by Gasteiger charge is 2.13. The molecule has 0 radical (unpaired) electrons. The molecule has 0 atom stereocenters. The zero-order valence-electron chi connectivity index (χ0n) is 25.0. The number of pyridine rings is 2. The number of aromatic nitrogens is 2. The van der Waals surface area contributed by atoms with Crippen LogP contribution >= 0.6 is 0 Å². The molecule has 230 valence electrons. The molecule has 0 bridgehead atoms. The summed E-state index contributed by atoms with van der Waals surface area (Å²) in [5, 5.41) is 1.57. The number of rotatable bonds is 8. The van der Waals surface area contributed by atoms with Gasteiger partial charge in [-0.25, -0.2) is 4.39 Å². The summed E-state index contributed by atoms with van der Waals surface area (Å²) < 4.78 is 46.5. The predicted octanol–water partition coefficient (Wildman–Crippen LogP) is 7.39. The number of anilines is 2. The second-order valence-electron chi connectivity index (χ2n) is 9.52. The van der Waals surface area contributed by atoms with Gasteiger partial charge in [-0.3, -0.25) is 9.97 Å². The van der Waals surface area contributed by atoms with E-state index < -0.39 is 5.82 Å². The van der Waals surface area contributed by atoms with E-state index >= 15 is 0 Å². The minimum atomic E-state index is -0.528. The van der Waals surface area contributed by atoms with E-state index in [1.165, 1.54) is 12.1 Å². The first kappa shape index (κ1) is 30.5. The molecule has 0 saturated carbocycles. The molecule has 0 spiro atoms. The Bertz CT molecular complexity index is 1950. The van der Waals surface area contributed by atoms with Crippen molar-refractivity contribution in [3.8, 4) is 46.0 Å². The minimum Gasteiger partial charge on any atom is -0.493 e. The molecule has 45 heavy (non-hydrogen) atoms. The summed E-state index contributed by atoms with van der Waals surface area (Å²) in [4.78, 5) is 8.64. The molecule has 0 aliphatic carbocycles. The summed E-state index contributed by atoms with van der Waals surface area (Å²) in [6.07, 6.45) is 3.30. The highest BCUT2D eigenvalue weighted by molar-refractivity contribution is 5.89. The topological polar surface area (TPSA) is 133 Å². The first-order valence-corrected chi connectivity index (χ1v) is 13.6. The van der Waals surface area contributed by atoms with E-state index in [9.17, 15) is 4.39 Å². The van der Waals surface area contributed by atoms with Crippen molar-refractivity contribution in [2.45, 2.75) is 0 Å². The van der Waals surface area contributed by atoms with Crippen LogP contribution in [-0.2, 0) is 0 Å². The van der Waals surface area contributed by atoms with Gasteiger partial charge in [-0.1, -0.05) is 0 Å². The van der Waals surface area contributed by atoms with Crippen molar-refractivity contribution in [3.05, 3.63) is 97.1 Å². The van der Waals surface area contributed by atoms with Crippen molar-refractivity contribution in [2.75, 3.05) is 39.9 Å². The Hall–Kier alpha value is -5.97. The van der Waals surface area contributed by atoms with Crippen LogP contribution in [0, 0.1) is 5.82 Å². The molecule has 0 saturated heterocycles. The van der Waals surface area contributed by atoms with E-state index in [2.05, 4.69) is 9.97 Å². The Morgan fingerprint density at radius 3 is 1.42 bits per heavy atom. The first-order valence-electron chi connectivity index (χ1n) is 13.6. The lowest BCUT2D eigenvalue weighted by molar-refractivity contribution is 0.355. The number of ether oxygens (including phenoxy) is 6. The fourth-order valence-corrected chi connectivity index (χ4v) is 4.43. The standard InChI is InChI=1S/C17H15FN2O3.C17H16N2O3/c1-21-16-8-11-14(9-17(16)22-2)20-6-5-15(11)23-10-3-4-13(19)12(18)7-10;1-20-16-9-13-14(10-17(16)21-2)19-8-7-15(13)22-12-5-3-11(18)4-6-12/h3-9H,19H2,1-2H3;3-10H,18H2,1-2H3. The predicted molar refractivity (Wildman–Crippen MR) is 172 cm³/mol. The first-order chi connectivity index (χ1) is 21.8. The monoisotopic (exact) mass is 610 g/mol. The summed E-state index contributed by atoms with van der Waals surface area (Å²) in [5.41, 5.74) is 13.4. The van der Waals surface area contributed by atoms with E-state index in [0.29, 0.717) is 57.2 Å². The van der Waals surface area contributed by atoms with Crippen LogP contribution in [-0.4, -0.2) is 38.4 Å². The van der Waals surface area contributed by atoms with Gasteiger partial charge in [-0.15, -0.1) is 0 Å². The summed E-state index contributed by atoms with van der Waals surface area (Å²) in [5.74, 6) is 4.13. The van der Waals surface area contributed by atoms with Gasteiger partial charge in [0.25, 0.3) is 0 Å². The lowest BCUT2D eigenvalue weighted by Crippen LogP contribution is -1.94. The molecule has 11 heteroatoms. The SMILES string of the molecule is COc1cc2nccc(Oc3ccc(N)c(F)c3)c2cc1OC.COc1cc2nccc(Oc3ccc(N)cc3)c2cc1OC. The number of nitrogen functional groups attached to an aromatic ring is 2. The Kier molecular flexibility index (Phi) is 9.18. The second kappa shape index (κ2) is 13.6. The van der Waals surface area contributed by atoms with Gasteiger partial charge in [0, 0.05) is 47.1 Å². The summed E-state index contributed by atoms with van der Waals surface area (Å²) >= 11 is 0. The second-order valence-corrected chi connectivity index (χ2v) is 9.52. The average molecular weight is 611 g/mol. The third-order valence-electron chi connectivity index (χ3n) is 6.72. The molecular formula is C34H31FN4O6. The number of methoxy groups -OCH3 is 4. The fourth-order valence-electron chi connectivity index (χ4n) is 4.43. The maximum Gasteiger partial charge on any atom is 0.162 e. The van der Waals surface area contributed by atoms with Crippen molar-refractivity contribution in [3.63, 3.8) is 0 Å². The van der Waals surface area contributed by atoms with Gasteiger partial charge in [0.2, 0.25) is 0 Å². The number of nitrogens with two attached hydrogens (primary N) is 2. The van der Waals surface area contributed by atoms with Crippen LogP contribution < -0.4 is 39.9 Å². The van der Waals surface area contributed by atoms with E-state index in [-0.39, 0.29) is 5.69 Å². The van der Waals surface area contributed by atoms with Crippen LogP contribution in [0.2, 0.25) is 0 Å². The quantitative estimate of drug-likeness (QED) is 0.168. The van der Waals surface area contributed by atoms with Gasteiger partial charge in [-0.2, -0.15) is 0 Å². The van der Waals surface area contributed by atoms with Crippen molar-refractivity contribution in [1.82, 2.24) is 9.97 Å². The van der Waals surface area contributed by atoms with Crippen molar-refractivity contribution in [2.24, 2.45) is 0 Å². The van der Waals surface area contributed by atoms with E-state index in [1.807, 2.05) is 30.3 Å². The van der Waals surface area contributed by atoms with E-state index in [1.54, 1.807) is 77.2 Å². The molecule has 0 fully saturated rings. The Morgan fingerprint density at radius 1 is 0.511 bits per heavy atom.